The average molecular weight is 189 g/mol. The van der Waals surface area contributed by atoms with Gasteiger partial charge in [-0.1, -0.05) is 13.8 Å². The zero-order chi connectivity index (χ0) is 10.3. The number of ether oxygens (including phenoxy) is 1. The predicted octanol–water partition coefficient (Wildman–Crippen LogP) is 1.80. The van der Waals surface area contributed by atoms with Crippen LogP contribution in [0.5, 0.6) is 0 Å². The highest BCUT2D eigenvalue weighted by Gasteiger charge is 2.21. The second kappa shape index (κ2) is 6.71. The van der Waals surface area contributed by atoms with E-state index in [-0.39, 0.29) is 6.10 Å². The Hall–Kier alpha value is -0.770. The van der Waals surface area contributed by atoms with Gasteiger partial charge < -0.3 is 14.7 Å². The predicted molar refractivity (Wildman–Crippen MR) is 51.0 cm³/mol. The van der Waals surface area contributed by atoms with Crippen molar-refractivity contribution in [2.45, 2.75) is 32.8 Å². The highest BCUT2D eigenvalue weighted by molar-refractivity contribution is 5.64. The molecule has 0 unspecified atom stereocenters. The van der Waals surface area contributed by atoms with Crippen LogP contribution in [-0.2, 0) is 4.74 Å². The molecule has 0 saturated carbocycles. The molecule has 13 heavy (non-hydrogen) atoms. The molecule has 0 atom stereocenters. The Kier molecular flexibility index (Phi) is 6.32. The van der Waals surface area contributed by atoms with Crippen LogP contribution in [0.25, 0.3) is 0 Å². The Labute approximate surface area is 79.5 Å². The largest absolute Gasteiger partial charge is 0.465 e. The number of carbonyl (C=O) groups is 1. The molecule has 1 amide bonds. The molecule has 1 N–H and O–H groups in total. The summed E-state index contributed by atoms with van der Waals surface area (Å²) in [6, 6.07) is 0. The second-order valence-electron chi connectivity index (χ2n) is 2.70. The first-order chi connectivity index (χ1) is 6.24. The average Bonchev–Trinajstić information content (AvgIpc) is 2.21. The maximum atomic E-state index is 10.4. The number of hydrogen-bond donors (Lipinski definition) is 1. The topological polar surface area (TPSA) is 49.8 Å². The molecule has 1 fully saturated rings. The van der Waals surface area contributed by atoms with Crippen LogP contribution in [0.1, 0.15) is 26.7 Å². The van der Waals surface area contributed by atoms with Gasteiger partial charge in [-0.25, -0.2) is 4.79 Å². The number of amides is 1. The van der Waals surface area contributed by atoms with E-state index in [1.807, 2.05) is 13.8 Å². The molecule has 1 rings (SSSR count). The first-order valence-corrected chi connectivity index (χ1v) is 4.74. The number of hydrogen-bond acceptors (Lipinski definition) is 2. The maximum absolute atomic E-state index is 10.4. The molecule has 1 heterocycles. The third kappa shape index (κ3) is 4.12. The minimum atomic E-state index is -0.820. The van der Waals surface area contributed by atoms with E-state index < -0.39 is 6.09 Å². The Morgan fingerprint density at radius 2 is 1.85 bits per heavy atom. The number of rotatable bonds is 1. The van der Waals surface area contributed by atoms with Gasteiger partial charge in [0, 0.05) is 20.2 Å². The van der Waals surface area contributed by atoms with Crippen molar-refractivity contribution in [1.29, 1.82) is 0 Å². The molecule has 1 saturated heterocycles. The Morgan fingerprint density at radius 3 is 2.15 bits per heavy atom. The van der Waals surface area contributed by atoms with Crippen molar-refractivity contribution in [1.82, 2.24) is 4.90 Å². The van der Waals surface area contributed by atoms with Crippen molar-refractivity contribution in [2.24, 2.45) is 0 Å². The van der Waals surface area contributed by atoms with Crippen molar-refractivity contribution < 1.29 is 14.6 Å². The fraction of sp³-hybridized carbons (Fsp3) is 0.889. The lowest BCUT2D eigenvalue weighted by Gasteiger charge is -2.28. The van der Waals surface area contributed by atoms with Gasteiger partial charge in [-0.2, -0.15) is 0 Å². The van der Waals surface area contributed by atoms with Gasteiger partial charge in [-0.15, -0.1) is 0 Å². The summed E-state index contributed by atoms with van der Waals surface area (Å²) in [5.41, 5.74) is 0. The molecule has 0 bridgehead atoms. The lowest BCUT2D eigenvalue weighted by Crippen LogP contribution is -2.39. The van der Waals surface area contributed by atoms with E-state index in [4.69, 9.17) is 9.84 Å². The Balaban J connectivity index is 0.000000671. The summed E-state index contributed by atoms with van der Waals surface area (Å²) in [6.07, 6.45) is 1.08. The van der Waals surface area contributed by atoms with Gasteiger partial charge in [0.2, 0.25) is 0 Å². The molecule has 1 aliphatic heterocycles. The number of likely N-dealkylation sites (tertiary alicyclic amines) is 1. The van der Waals surface area contributed by atoms with Gasteiger partial charge in [-0.05, 0) is 12.8 Å². The smallest absolute Gasteiger partial charge is 0.407 e. The molecule has 0 aromatic carbocycles. The van der Waals surface area contributed by atoms with Crippen LogP contribution in [-0.4, -0.2) is 42.4 Å². The van der Waals surface area contributed by atoms with E-state index >= 15 is 0 Å². The third-order valence-corrected chi connectivity index (χ3v) is 2.05. The van der Waals surface area contributed by atoms with Gasteiger partial charge in [0.1, 0.15) is 0 Å². The van der Waals surface area contributed by atoms with Crippen molar-refractivity contribution in [3.8, 4) is 0 Å². The van der Waals surface area contributed by atoms with Crippen LogP contribution in [0, 0.1) is 0 Å². The van der Waals surface area contributed by atoms with Crippen LogP contribution in [0.4, 0.5) is 4.79 Å². The summed E-state index contributed by atoms with van der Waals surface area (Å²) in [6.45, 7) is 5.21. The molecular weight excluding hydrogens is 170 g/mol. The maximum Gasteiger partial charge on any atom is 0.407 e. The SMILES string of the molecule is CC.COC1CCN(C(=O)O)CC1. The second-order valence-corrected chi connectivity index (χ2v) is 2.70. The third-order valence-electron chi connectivity index (χ3n) is 2.05. The fourth-order valence-electron chi connectivity index (χ4n) is 1.28. The van der Waals surface area contributed by atoms with Gasteiger partial charge in [0.25, 0.3) is 0 Å². The van der Waals surface area contributed by atoms with Crippen LogP contribution < -0.4 is 0 Å². The summed E-state index contributed by atoms with van der Waals surface area (Å²) in [5, 5.41) is 8.58. The molecule has 1 aliphatic rings. The molecule has 4 nitrogen and oxygen atoms in total. The van der Waals surface area contributed by atoms with E-state index in [1.54, 1.807) is 7.11 Å². The van der Waals surface area contributed by atoms with Gasteiger partial charge in [-0.3, -0.25) is 0 Å². The summed E-state index contributed by atoms with van der Waals surface area (Å²) in [7, 11) is 1.67. The van der Waals surface area contributed by atoms with E-state index in [9.17, 15) is 4.79 Å². The van der Waals surface area contributed by atoms with Gasteiger partial charge in [0.15, 0.2) is 0 Å². The summed E-state index contributed by atoms with van der Waals surface area (Å²) in [5.74, 6) is 0. The zero-order valence-corrected chi connectivity index (χ0v) is 8.62. The molecule has 0 aromatic heterocycles. The van der Waals surface area contributed by atoms with E-state index in [2.05, 4.69) is 0 Å². The highest BCUT2D eigenvalue weighted by Crippen LogP contribution is 2.12. The molecule has 0 spiro atoms. The standard InChI is InChI=1S/C7H13NO3.C2H6/c1-11-6-2-4-8(5-3-6)7(9)10;1-2/h6H,2-5H2,1H3,(H,9,10);1-2H3. The van der Waals surface area contributed by atoms with Crippen LogP contribution >= 0.6 is 0 Å². The minimum absolute atomic E-state index is 0.255. The highest BCUT2D eigenvalue weighted by atomic mass is 16.5. The quantitative estimate of drug-likeness (QED) is 0.684. The first kappa shape index (κ1) is 12.2. The lowest BCUT2D eigenvalue weighted by molar-refractivity contribution is 0.0420. The number of piperidine rings is 1. The molecule has 0 radical (unpaired) electrons. The van der Waals surface area contributed by atoms with Crippen LogP contribution in [0.2, 0.25) is 0 Å². The summed E-state index contributed by atoms with van der Waals surface area (Å²) >= 11 is 0. The van der Waals surface area contributed by atoms with Crippen molar-refractivity contribution in [3.05, 3.63) is 0 Å². The molecule has 0 aromatic rings. The fourth-order valence-corrected chi connectivity index (χ4v) is 1.28. The van der Waals surface area contributed by atoms with Crippen molar-refractivity contribution in [2.75, 3.05) is 20.2 Å². The Morgan fingerprint density at radius 1 is 1.38 bits per heavy atom. The monoisotopic (exact) mass is 189 g/mol. The molecule has 78 valence electrons. The molecular formula is C9H19NO3. The van der Waals surface area contributed by atoms with Crippen molar-refractivity contribution >= 4 is 6.09 Å². The van der Waals surface area contributed by atoms with Crippen LogP contribution in [0.3, 0.4) is 0 Å². The molecule has 4 heteroatoms. The number of carboxylic acid groups (broad SMARTS) is 1. The first-order valence-electron chi connectivity index (χ1n) is 4.74. The van der Waals surface area contributed by atoms with Crippen LogP contribution in [0.15, 0.2) is 0 Å². The lowest BCUT2D eigenvalue weighted by atomic mass is 10.1. The molecule has 0 aliphatic carbocycles. The van der Waals surface area contributed by atoms with E-state index in [0.29, 0.717) is 13.1 Å². The van der Waals surface area contributed by atoms with E-state index in [1.165, 1.54) is 4.90 Å². The summed E-state index contributed by atoms with van der Waals surface area (Å²) in [4.78, 5) is 11.9. The zero-order valence-electron chi connectivity index (χ0n) is 8.62. The van der Waals surface area contributed by atoms with Gasteiger partial charge in [0.05, 0.1) is 6.10 Å². The normalized spacial score (nSPS) is 17.6. The number of methoxy groups -OCH3 is 1. The Bertz CT molecular complexity index is 142. The summed E-state index contributed by atoms with van der Waals surface area (Å²) < 4.78 is 5.10. The van der Waals surface area contributed by atoms with Gasteiger partial charge >= 0.3 is 6.09 Å². The van der Waals surface area contributed by atoms with Crippen molar-refractivity contribution in [3.63, 3.8) is 0 Å². The minimum Gasteiger partial charge on any atom is -0.465 e. The van der Waals surface area contributed by atoms with E-state index in [0.717, 1.165) is 12.8 Å². The number of nitrogens with zero attached hydrogens (tertiary/aromatic N) is 1.